The van der Waals surface area contributed by atoms with E-state index < -0.39 is 0 Å². The predicted octanol–water partition coefficient (Wildman–Crippen LogP) is 1.57. The number of aryl methyl sites for hydroxylation is 1. The van der Waals surface area contributed by atoms with Gasteiger partial charge in [0, 0.05) is 12.2 Å². The summed E-state index contributed by atoms with van der Waals surface area (Å²) in [5, 5.41) is 3.10. The molecule has 1 N–H and O–H groups in total. The normalized spacial score (nSPS) is 20.5. The Morgan fingerprint density at radius 2 is 2.19 bits per heavy atom. The highest BCUT2D eigenvalue weighted by molar-refractivity contribution is 5.98. The van der Waals surface area contributed by atoms with E-state index in [0.717, 1.165) is 25.1 Å². The van der Waals surface area contributed by atoms with E-state index in [-0.39, 0.29) is 11.9 Å². The van der Waals surface area contributed by atoms with Crippen molar-refractivity contribution in [3.63, 3.8) is 0 Å². The van der Waals surface area contributed by atoms with Gasteiger partial charge in [-0.25, -0.2) is 0 Å². The maximum absolute atomic E-state index is 12.2. The highest BCUT2D eigenvalue weighted by Crippen LogP contribution is 2.26. The molecule has 1 aliphatic rings. The lowest BCUT2D eigenvalue weighted by molar-refractivity contribution is -0.120. The number of likely N-dealkylation sites (N-methyl/N-ethyl adjacent to an activating group) is 2. The molecule has 86 valence electrons. The van der Waals surface area contributed by atoms with Crippen molar-refractivity contribution in [3.05, 3.63) is 29.8 Å². The minimum Gasteiger partial charge on any atom is -0.311 e. The quantitative estimate of drug-likeness (QED) is 0.817. The molecule has 1 aromatic carbocycles. The second kappa shape index (κ2) is 4.66. The van der Waals surface area contributed by atoms with Crippen LogP contribution in [0.2, 0.25) is 0 Å². The van der Waals surface area contributed by atoms with E-state index in [2.05, 4.69) is 11.4 Å². The molecule has 16 heavy (non-hydrogen) atoms. The van der Waals surface area contributed by atoms with Crippen LogP contribution in [0, 0.1) is 0 Å². The van der Waals surface area contributed by atoms with Crippen LogP contribution in [-0.2, 0) is 11.2 Å². The molecular weight excluding hydrogens is 200 g/mol. The van der Waals surface area contributed by atoms with E-state index in [1.54, 1.807) is 0 Å². The molecule has 1 aliphatic heterocycles. The zero-order chi connectivity index (χ0) is 11.5. The van der Waals surface area contributed by atoms with E-state index in [0.29, 0.717) is 0 Å². The maximum atomic E-state index is 12.2. The highest BCUT2D eigenvalue weighted by atomic mass is 16.2. The Morgan fingerprint density at radius 1 is 1.44 bits per heavy atom. The molecule has 0 aromatic heterocycles. The van der Waals surface area contributed by atoms with Crippen molar-refractivity contribution in [1.82, 2.24) is 5.32 Å². The second-order valence-electron chi connectivity index (χ2n) is 4.09. The van der Waals surface area contributed by atoms with Gasteiger partial charge in [-0.1, -0.05) is 18.2 Å². The van der Waals surface area contributed by atoms with Gasteiger partial charge in [0.05, 0.1) is 6.04 Å². The molecule has 0 saturated heterocycles. The first kappa shape index (κ1) is 11.1. The number of benzene rings is 1. The Labute approximate surface area is 96.5 Å². The standard InChI is InChI=1S/C13H18N2O/c1-3-15-12-7-5-4-6-10(12)8-9-11(14-2)13(15)16/h4-7,11,14H,3,8-9H2,1-2H3. The summed E-state index contributed by atoms with van der Waals surface area (Å²) in [6, 6.07) is 8.14. The molecule has 0 spiro atoms. The number of hydrogen-bond acceptors (Lipinski definition) is 2. The van der Waals surface area contributed by atoms with Crippen LogP contribution < -0.4 is 10.2 Å². The van der Waals surface area contributed by atoms with Gasteiger partial charge in [0.15, 0.2) is 0 Å². The zero-order valence-corrected chi connectivity index (χ0v) is 9.86. The van der Waals surface area contributed by atoms with E-state index >= 15 is 0 Å². The summed E-state index contributed by atoms with van der Waals surface area (Å²) in [6.45, 7) is 2.75. The Balaban J connectivity index is 2.41. The van der Waals surface area contributed by atoms with E-state index in [4.69, 9.17) is 0 Å². The number of carbonyl (C=O) groups excluding carboxylic acids is 1. The van der Waals surface area contributed by atoms with Crippen LogP contribution in [0.5, 0.6) is 0 Å². The molecule has 1 aromatic rings. The van der Waals surface area contributed by atoms with Crippen LogP contribution in [-0.4, -0.2) is 25.5 Å². The molecule has 3 heteroatoms. The molecule has 0 bridgehead atoms. The Hall–Kier alpha value is -1.35. The molecule has 0 radical (unpaired) electrons. The fourth-order valence-corrected chi connectivity index (χ4v) is 2.31. The fourth-order valence-electron chi connectivity index (χ4n) is 2.31. The van der Waals surface area contributed by atoms with Gasteiger partial charge in [0.2, 0.25) is 5.91 Å². The summed E-state index contributed by atoms with van der Waals surface area (Å²) in [6.07, 6.45) is 1.84. The minimum atomic E-state index is -0.0488. The Kier molecular flexibility index (Phi) is 3.25. The number of fused-ring (bicyclic) bond motifs is 1. The van der Waals surface area contributed by atoms with E-state index in [1.165, 1.54) is 5.56 Å². The third kappa shape index (κ3) is 1.83. The molecule has 3 nitrogen and oxygen atoms in total. The molecular formula is C13H18N2O. The molecule has 1 amide bonds. The number of amides is 1. The molecule has 0 saturated carbocycles. The van der Waals surface area contributed by atoms with Crippen LogP contribution in [0.1, 0.15) is 18.9 Å². The van der Waals surface area contributed by atoms with Gasteiger partial charge in [0.1, 0.15) is 0 Å². The SMILES string of the molecule is CCN1C(=O)C(NC)CCc2ccccc21. The molecule has 0 fully saturated rings. The first-order chi connectivity index (χ1) is 7.77. The van der Waals surface area contributed by atoms with Gasteiger partial charge in [-0.15, -0.1) is 0 Å². The lowest BCUT2D eigenvalue weighted by atomic mass is 10.1. The summed E-state index contributed by atoms with van der Waals surface area (Å²) < 4.78 is 0. The van der Waals surface area contributed by atoms with Gasteiger partial charge in [-0.05, 0) is 38.4 Å². The van der Waals surface area contributed by atoms with Crippen molar-refractivity contribution >= 4 is 11.6 Å². The van der Waals surface area contributed by atoms with Crippen LogP contribution in [0.4, 0.5) is 5.69 Å². The van der Waals surface area contributed by atoms with Crippen molar-refractivity contribution in [2.24, 2.45) is 0 Å². The summed E-state index contributed by atoms with van der Waals surface area (Å²) in [4.78, 5) is 14.1. The fraction of sp³-hybridized carbons (Fsp3) is 0.462. The van der Waals surface area contributed by atoms with Crippen molar-refractivity contribution < 1.29 is 4.79 Å². The van der Waals surface area contributed by atoms with E-state index in [1.807, 2.05) is 37.1 Å². The monoisotopic (exact) mass is 218 g/mol. The van der Waals surface area contributed by atoms with Crippen LogP contribution in [0.25, 0.3) is 0 Å². The van der Waals surface area contributed by atoms with Crippen molar-refractivity contribution in [2.45, 2.75) is 25.8 Å². The molecule has 1 unspecified atom stereocenters. The Bertz CT molecular complexity index is 389. The smallest absolute Gasteiger partial charge is 0.244 e. The number of para-hydroxylation sites is 1. The molecule has 1 atom stereocenters. The highest BCUT2D eigenvalue weighted by Gasteiger charge is 2.27. The lowest BCUT2D eigenvalue weighted by Gasteiger charge is -2.24. The number of hydrogen-bond donors (Lipinski definition) is 1. The van der Waals surface area contributed by atoms with Crippen molar-refractivity contribution in [2.75, 3.05) is 18.5 Å². The first-order valence-electron chi connectivity index (χ1n) is 5.84. The van der Waals surface area contributed by atoms with Crippen molar-refractivity contribution in [3.8, 4) is 0 Å². The number of rotatable bonds is 2. The minimum absolute atomic E-state index is 0.0488. The summed E-state index contributed by atoms with van der Waals surface area (Å²) >= 11 is 0. The molecule has 2 rings (SSSR count). The van der Waals surface area contributed by atoms with Crippen LogP contribution in [0.15, 0.2) is 24.3 Å². The Morgan fingerprint density at radius 3 is 2.88 bits per heavy atom. The zero-order valence-electron chi connectivity index (χ0n) is 9.86. The lowest BCUT2D eigenvalue weighted by Crippen LogP contribution is -2.44. The third-order valence-corrected chi connectivity index (χ3v) is 3.21. The molecule has 1 heterocycles. The average Bonchev–Trinajstić information content (AvgIpc) is 2.45. The number of nitrogens with one attached hydrogen (secondary N) is 1. The summed E-state index contributed by atoms with van der Waals surface area (Å²) in [7, 11) is 1.85. The number of anilines is 1. The van der Waals surface area contributed by atoms with Crippen LogP contribution in [0.3, 0.4) is 0 Å². The third-order valence-electron chi connectivity index (χ3n) is 3.21. The predicted molar refractivity (Wildman–Crippen MR) is 65.6 cm³/mol. The number of carbonyl (C=O) groups is 1. The van der Waals surface area contributed by atoms with Gasteiger partial charge >= 0.3 is 0 Å². The first-order valence-corrected chi connectivity index (χ1v) is 5.84. The van der Waals surface area contributed by atoms with E-state index in [9.17, 15) is 4.79 Å². The maximum Gasteiger partial charge on any atom is 0.244 e. The summed E-state index contributed by atoms with van der Waals surface area (Å²) in [5.41, 5.74) is 2.35. The topological polar surface area (TPSA) is 32.3 Å². The molecule has 0 aliphatic carbocycles. The van der Waals surface area contributed by atoms with Gasteiger partial charge in [-0.3, -0.25) is 4.79 Å². The second-order valence-corrected chi connectivity index (χ2v) is 4.09. The van der Waals surface area contributed by atoms with Gasteiger partial charge in [0.25, 0.3) is 0 Å². The average molecular weight is 218 g/mol. The van der Waals surface area contributed by atoms with Gasteiger partial charge < -0.3 is 10.2 Å². The van der Waals surface area contributed by atoms with Crippen LogP contribution >= 0.6 is 0 Å². The van der Waals surface area contributed by atoms with Gasteiger partial charge in [-0.2, -0.15) is 0 Å². The van der Waals surface area contributed by atoms with Crippen molar-refractivity contribution in [1.29, 1.82) is 0 Å². The largest absolute Gasteiger partial charge is 0.311 e. The summed E-state index contributed by atoms with van der Waals surface area (Å²) in [5.74, 6) is 0.190. The number of nitrogens with zero attached hydrogens (tertiary/aromatic N) is 1.